The highest BCUT2D eigenvalue weighted by Crippen LogP contribution is 2.25. The molecule has 0 saturated carbocycles. The van der Waals surface area contributed by atoms with Crippen molar-refractivity contribution in [2.45, 2.75) is 13.0 Å². The fraction of sp³-hybridized carbons (Fsp3) is 0.333. The van der Waals surface area contributed by atoms with E-state index in [1.807, 2.05) is 6.07 Å². The minimum atomic E-state index is -0.681. The van der Waals surface area contributed by atoms with Crippen LogP contribution in [0.2, 0.25) is 0 Å². The van der Waals surface area contributed by atoms with Crippen molar-refractivity contribution in [2.75, 3.05) is 23.7 Å². The molecule has 1 aromatic rings. The second-order valence-corrected chi connectivity index (χ2v) is 4.21. The first kappa shape index (κ1) is 12.2. The summed E-state index contributed by atoms with van der Waals surface area (Å²) >= 11 is 0. The van der Waals surface area contributed by atoms with Gasteiger partial charge < -0.3 is 21.7 Å². The second-order valence-electron chi connectivity index (χ2n) is 4.21. The Bertz CT molecular complexity index is 487. The number of carbonyl (C=O) groups excluding carboxylic acids is 2. The first-order chi connectivity index (χ1) is 8.58. The molecule has 0 radical (unpaired) electrons. The lowest BCUT2D eigenvalue weighted by molar-refractivity contribution is -0.119. The highest BCUT2D eigenvalue weighted by molar-refractivity contribution is 5.98. The Morgan fingerprint density at radius 1 is 1.28 bits per heavy atom. The molecule has 96 valence electrons. The molecule has 1 aliphatic heterocycles. The lowest BCUT2D eigenvalue weighted by Gasteiger charge is -2.20. The Balaban J connectivity index is 2.13. The highest BCUT2D eigenvalue weighted by Gasteiger charge is 2.15. The van der Waals surface area contributed by atoms with Crippen LogP contribution in [0.3, 0.4) is 0 Å². The van der Waals surface area contributed by atoms with E-state index in [1.165, 1.54) is 0 Å². The fourth-order valence-corrected chi connectivity index (χ4v) is 1.73. The third-order valence-corrected chi connectivity index (χ3v) is 2.81. The summed E-state index contributed by atoms with van der Waals surface area (Å²) in [5.74, 6) is -0.863. The van der Waals surface area contributed by atoms with E-state index in [2.05, 4.69) is 16.0 Å². The molecule has 2 amide bonds. The molecule has 0 saturated heterocycles. The summed E-state index contributed by atoms with van der Waals surface area (Å²) in [7, 11) is 0. The number of hydrogen-bond acceptors (Lipinski definition) is 4. The largest absolute Gasteiger partial charge is 0.382 e. The van der Waals surface area contributed by atoms with Crippen LogP contribution in [0.1, 0.15) is 17.3 Å². The Morgan fingerprint density at radius 2 is 1.94 bits per heavy atom. The monoisotopic (exact) mass is 248 g/mol. The lowest BCUT2D eigenvalue weighted by Crippen LogP contribution is -2.42. The number of amides is 2. The highest BCUT2D eigenvalue weighted by atomic mass is 16.2. The molecule has 1 atom stereocenters. The number of rotatable bonds is 3. The van der Waals surface area contributed by atoms with Crippen molar-refractivity contribution in [3.8, 4) is 0 Å². The zero-order valence-corrected chi connectivity index (χ0v) is 10.1. The fourth-order valence-electron chi connectivity index (χ4n) is 1.73. The number of benzene rings is 1. The van der Waals surface area contributed by atoms with Crippen molar-refractivity contribution in [1.82, 2.24) is 5.32 Å². The summed E-state index contributed by atoms with van der Waals surface area (Å²) in [5, 5.41) is 8.96. The van der Waals surface area contributed by atoms with Gasteiger partial charge in [-0.05, 0) is 25.1 Å². The van der Waals surface area contributed by atoms with E-state index in [9.17, 15) is 9.59 Å². The summed E-state index contributed by atoms with van der Waals surface area (Å²) in [6, 6.07) is 4.62. The number of hydrogen-bond donors (Lipinski definition) is 4. The predicted octanol–water partition coefficient (Wildman–Crippen LogP) is 0.128. The van der Waals surface area contributed by atoms with Crippen molar-refractivity contribution >= 4 is 23.2 Å². The predicted molar refractivity (Wildman–Crippen MR) is 69.5 cm³/mol. The first-order valence-electron chi connectivity index (χ1n) is 5.80. The van der Waals surface area contributed by atoms with Crippen LogP contribution in [-0.4, -0.2) is 30.9 Å². The number of nitrogens with one attached hydrogen (secondary N) is 3. The normalized spacial score (nSPS) is 14.7. The van der Waals surface area contributed by atoms with Gasteiger partial charge in [0.1, 0.15) is 6.04 Å². The smallest absolute Gasteiger partial charge is 0.251 e. The molecule has 6 nitrogen and oxygen atoms in total. The van der Waals surface area contributed by atoms with Crippen LogP contribution in [0.15, 0.2) is 18.2 Å². The summed E-state index contributed by atoms with van der Waals surface area (Å²) in [6.45, 7) is 3.23. The van der Waals surface area contributed by atoms with Crippen LogP contribution in [0.5, 0.6) is 0 Å². The number of anilines is 2. The van der Waals surface area contributed by atoms with E-state index in [0.29, 0.717) is 5.56 Å². The van der Waals surface area contributed by atoms with Gasteiger partial charge >= 0.3 is 0 Å². The lowest BCUT2D eigenvalue weighted by atomic mass is 10.1. The molecule has 0 fully saturated rings. The van der Waals surface area contributed by atoms with Crippen LogP contribution >= 0.6 is 0 Å². The van der Waals surface area contributed by atoms with Gasteiger partial charge in [-0.25, -0.2) is 0 Å². The third kappa shape index (κ3) is 2.53. The van der Waals surface area contributed by atoms with E-state index in [-0.39, 0.29) is 5.91 Å². The number of carbonyl (C=O) groups is 2. The molecule has 0 aliphatic carbocycles. The van der Waals surface area contributed by atoms with Gasteiger partial charge in [-0.3, -0.25) is 9.59 Å². The minimum Gasteiger partial charge on any atom is -0.382 e. The Hall–Kier alpha value is -2.24. The molecule has 18 heavy (non-hydrogen) atoms. The zero-order valence-electron chi connectivity index (χ0n) is 10.1. The van der Waals surface area contributed by atoms with Gasteiger partial charge in [-0.15, -0.1) is 0 Å². The number of fused-ring (bicyclic) bond motifs is 1. The van der Waals surface area contributed by atoms with Gasteiger partial charge in [0.25, 0.3) is 5.91 Å². The molecule has 1 heterocycles. The maximum Gasteiger partial charge on any atom is 0.251 e. The Kier molecular flexibility index (Phi) is 3.36. The summed E-state index contributed by atoms with van der Waals surface area (Å²) in [6.07, 6.45) is 0. The average molecular weight is 248 g/mol. The molecule has 6 heteroatoms. The number of nitrogens with two attached hydrogens (primary N) is 1. The average Bonchev–Trinajstić information content (AvgIpc) is 2.37. The van der Waals surface area contributed by atoms with Gasteiger partial charge in [0, 0.05) is 18.7 Å². The standard InChI is InChI=1S/C12H16N4O2/c1-7(11(13)17)16-12(18)8-2-3-9-10(6-8)15-5-4-14-9/h2-3,6-7,14-15H,4-5H2,1H3,(H2,13,17)(H,16,18). The van der Waals surface area contributed by atoms with Crippen LogP contribution in [-0.2, 0) is 4.79 Å². The second kappa shape index (κ2) is 4.95. The summed E-state index contributed by atoms with van der Waals surface area (Å²) < 4.78 is 0. The van der Waals surface area contributed by atoms with E-state index < -0.39 is 11.9 Å². The summed E-state index contributed by atoms with van der Waals surface area (Å²) in [5.41, 5.74) is 7.46. The van der Waals surface area contributed by atoms with Gasteiger partial charge in [0.15, 0.2) is 0 Å². The molecule has 2 rings (SSSR count). The molecule has 1 unspecified atom stereocenters. The quantitative estimate of drug-likeness (QED) is 0.611. The van der Waals surface area contributed by atoms with Crippen molar-refractivity contribution in [3.05, 3.63) is 23.8 Å². The maximum atomic E-state index is 11.9. The Morgan fingerprint density at radius 3 is 2.61 bits per heavy atom. The van der Waals surface area contributed by atoms with Gasteiger partial charge in [-0.2, -0.15) is 0 Å². The maximum absolute atomic E-state index is 11.9. The van der Waals surface area contributed by atoms with Crippen molar-refractivity contribution < 1.29 is 9.59 Å². The zero-order chi connectivity index (χ0) is 13.1. The third-order valence-electron chi connectivity index (χ3n) is 2.81. The molecule has 1 aliphatic rings. The van der Waals surface area contributed by atoms with E-state index in [1.54, 1.807) is 19.1 Å². The van der Waals surface area contributed by atoms with Gasteiger partial charge in [0.05, 0.1) is 11.4 Å². The van der Waals surface area contributed by atoms with Crippen molar-refractivity contribution in [1.29, 1.82) is 0 Å². The molecule has 0 bridgehead atoms. The van der Waals surface area contributed by atoms with E-state index >= 15 is 0 Å². The Labute approximate surface area is 105 Å². The molecule has 0 aromatic heterocycles. The van der Waals surface area contributed by atoms with Crippen LogP contribution in [0, 0.1) is 0 Å². The van der Waals surface area contributed by atoms with E-state index in [0.717, 1.165) is 24.5 Å². The van der Waals surface area contributed by atoms with Crippen molar-refractivity contribution in [3.63, 3.8) is 0 Å². The first-order valence-corrected chi connectivity index (χ1v) is 5.80. The van der Waals surface area contributed by atoms with E-state index in [4.69, 9.17) is 5.73 Å². The van der Waals surface area contributed by atoms with Crippen LogP contribution in [0.4, 0.5) is 11.4 Å². The molecule has 5 N–H and O–H groups in total. The van der Waals surface area contributed by atoms with Crippen molar-refractivity contribution in [2.24, 2.45) is 5.73 Å². The van der Waals surface area contributed by atoms with Gasteiger partial charge in [0.2, 0.25) is 5.91 Å². The topological polar surface area (TPSA) is 96.2 Å². The minimum absolute atomic E-state index is 0.309. The molecule has 0 spiro atoms. The van der Waals surface area contributed by atoms with Crippen LogP contribution in [0.25, 0.3) is 0 Å². The molecular formula is C12H16N4O2. The number of primary amides is 1. The SMILES string of the molecule is CC(NC(=O)c1ccc2c(c1)NCCN2)C(N)=O. The molecule has 1 aromatic carbocycles. The van der Waals surface area contributed by atoms with Gasteiger partial charge in [-0.1, -0.05) is 0 Å². The molecular weight excluding hydrogens is 232 g/mol. The van der Waals surface area contributed by atoms with Crippen LogP contribution < -0.4 is 21.7 Å². The summed E-state index contributed by atoms with van der Waals surface area (Å²) in [4.78, 5) is 22.8.